The van der Waals surface area contributed by atoms with Crippen molar-refractivity contribution in [1.29, 1.82) is 0 Å². The fourth-order valence-corrected chi connectivity index (χ4v) is 2.03. The lowest BCUT2D eigenvalue weighted by Gasteiger charge is -2.16. The van der Waals surface area contributed by atoms with Crippen LogP contribution in [0.1, 0.15) is 24.8 Å². The average molecular weight is 221 g/mol. The van der Waals surface area contributed by atoms with E-state index in [1.54, 1.807) is 0 Å². The van der Waals surface area contributed by atoms with Gasteiger partial charge in [-0.25, -0.2) is 0 Å². The van der Waals surface area contributed by atoms with Gasteiger partial charge in [0.1, 0.15) is 6.79 Å². The summed E-state index contributed by atoms with van der Waals surface area (Å²) in [6, 6.07) is 10.3. The van der Waals surface area contributed by atoms with Crippen molar-refractivity contribution >= 4 is 0 Å². The van der Waals surface area contributed by atoms with Crippen LogP contribution < -0.4 is 5.73 Å². The Balaban J connectivity index is 1.62. The van der Waals surface area contributed by atoms with Crippen LogP contribution >= 0.6 is 0 Å². The zero-order valence-electron chi connectivity index (χ0n) is 9.47. The van der Waals surface area contributed by atoms with Gasteiger partial charge in [0.15, 0.2) is 0 Å². The standard InChI is InChI=1S/C13H19NO2/c14-12-7-4-8-13(12)16-10-15-9-11-5-2-1-3-6-11/h1-3,5-6,12-13H,4,7-10,14H2. The molecule has 0 spiro atoms. The fourth-order valence-electron chi connectivity index (χ4n) is 2.03. The predicted octanol–water partition coefficient (Wildman–Crippen LogP) is 2.06. The Labute approximate surface area is 96.5 Å². The minimum absolute atomic E-state index is 0.191. The molecule has 2 unspecified atom stereocenters. The molecule has 3 nitrogen and oxygen atoms in total. The van der Waals surface area contributed by atoms with E-state index in [1.807, 2.05) is 30.3 Å². The molecule has 0 saturated heterocycles. The maximum Gasteiger partial charge on any atom is 0.147 e. The summed E-state index contributed by atoms with van der Waals surface area (Å²) in [5.74, 6) is 0. The van der Waals surface area contributed by atoms with E-state index in [4.69, 9.17) is 15.2 Å². The first kappa shape index (κ1) is 11.6. The molecule has 1 fully saturated rings. The summed E-state index contributed by atoms with van der Waals surface area (Å²) in [4.78, 5) is 0. The van der Waals surface area contributed by atoms with Gasteiger partial charge in [-0.05, 0) is 24.8 Å². The topological polar surface area (TPSA) is 44.5 Å². The molecular formula is C13H19NO2. The number of nitrogens with two attached hydrogens (primary N) is 1. The molecule has 16 heavy (non-hydrogen) atoms. The van der Waals surface area contributed by atoms with Crippen molar-refractivity contribution in [2.75, 3.05) is 6.79 Å². The minimum Gasteiger partial charge on any atom is -0.351 e. The Morgan fingerprint density at radius 1 is 1.19 bits per heavy atom. The molecule has 3 heteroatoms. The number of ether oxygens (including phenoxy) is 2. The van der Waals surface area contributed by atoms with Gasteiger partial charge in [0.2, 0.25) is 0 Å². The van der Waals surface area contributed by atoms with E-state index in [0.717, 1.165) is 12.8 Å². The van der Waals surface area contributed by atoms with Gasteiger partial charge in [-0.3, -0.25) is 0 Å². The van der Waals surface area contributed by atoms with Crippen molar-refractivity contribution < 1.29 is 9.47 Å². The monoisotopic (exact) mass is 221 g/mol. The van der Waals surface area contributed by atoms with Gasteiger partial charge in [-0.2, -0.15) is 0 Å². The lowest BCUT2D eigenvalue weighted by Crippen LogP contribution is -2.31. The first-order chi connectivity index (χ1) is 7.86. The molecule has 1 aliphatic rings. The third kappa shape index (κ3) is 3.30. The smallest absolute Gasteiger partial charge is 0.147 e. The highest BCUT2D eigenvalue weighted by molar-refractivity contribution is 5.13. The second-order valence-corrected chi connectivity index (χ2v) is 4.25. The van der Waals surface area contributed by atoms with Crippen LogP contribution in [0.15, 0.2) is 30.3 Å². The SMILES string of the molecule is NC1CCCC1OCOCc1ccccc1. The van der Waals surface area contributed by atoms with E-state index >= 15 is 0 Å². The Morgan fingerprint density at radius 2 is 2.00 bits per heavy atom. The lowest BCUT2D eigenvalue weighted by molar-refractivity contribution is -0.0971. The van der Waals surface area contributed by atoms with Crippen LogP contribution in [0, 0.1) is 0 Å². The molecule has 1 aromatic rings. The number of benzene rings is 1. The van der Waals surface area contributed by atoms with Crippen LogP contribution in [0.5, 0.6) is 0 Å². The number of hydrogen-bond acceptors (Lipinski definition) is 3. The van der Waals surface area contributed by atoms with Gasteiger partial charge in [0, 0.05) is 6.04 Å². The summed E-state index contributed by atoms with van der Waals surface area (Å²) in [6.45, 7) is 0.941. The van der Waals surface area contributed by atoms with Gasteiger partial charge in [0.05, 0.1) is 12.7 Å². The molecular weight excluding hydrogens is 202 g/mol. The zero-order chi connectivity index (χ0) is 11.2. The Kier molecular flexibility index (Phi) is 4.34. The van der Waals surface area contributed by atoms with Crippen molar-refractivity contribution in [1.82, 2.24) is 0 Å². The molecule has 0 heterocycles. The molecule has 0 aromatic heterocycles. The lowest BCUT2D eigenvalue weighted by atomic mass is 10.2. The first-order valence-electron chi connectivity index (χ1n) is 5.85. The molecule has 0 bridgehead atoms. The molecule has 2 atom stereocenters. The first-order valence-corrected chi connectivity index (χ1v) is 5.85. The van der Waals surface area contributed by atoms with Crippen molar-refractivity contribution in [3.8, 4) is 0 Å². The van der Waals surface area contributed by atoms with Crippen LogP contribution in [0.2, 0.25) is 0 Å². The van der Waals surface area contributed by atoms with Gasteiger partial charge < -0.3 is 15.2 Å². The molecule has 2 rings (SSSR count). The largest absolute Gasteiger partial charge is 0.351 e. The quantitative estimate of drug-likeness (QED) is 0.611. The second kappa shape index (κ2) is 5.99. The van der Waals surface area contributed by atoms with E-state index in [-0.39, 0.29) is 12.1 Å². The van der Waals surface area contributed by atoms with Gasteiger partial charge in [-0.15, -0.1) is 0 Å². The summed E-state index contributed by atoms with van der Waals surface area (Å²) in [5, 5.41) is 0. The average Bonchev–Trinajstić information content (AvgIpc) is 2.72. The predicted molar refractivity (Wildman–Crippen MR) is 62.8 cm³/mol. The normalized spacial score (nSPS) is 24.8. The summed E-state index contributed by atoms with van der Waals surface area (Å²) < 4.78 is 11.0. The maximum absolute atomic E-state index is 5.89. The highest BCUT2D eigenvalue weighted by Crippen LogP contribution is 2.20. The molecule has 2 N–H and O–H groups in total. The molecule has 0 radical (unpaired) electrons. The molecule has 0 aliphatic heterocycles. The van der Waals surface area contributed by atoms with E-state index in [2.05, 4.69) is 0 Å². The highest BCUT2D eigenvalue weighted by Gasteiger charge is 2.24. The van der Waals surface area contributed by atoms with Crippen molar-refractivity contribution in [3.63, 3.8) is 0 Å². The number of hydrogen-bond donors (Lipinski definition) is 1. The highest BCUT2D eigenvalue weighted by atomic mass is 16.7. The van der Waals surface area contributed by atoms with Crippen LogP contribution in [-0.4, -0.2) is 18.9 Å². The molecule has 0 amide bonds. The van der Waals surface area contributed by atoms with Crippen LogP contribution in [0.4, 0.5) is 0 Å². The third-order valence-corrected chi connectivity index (χ3v) is 2.98. The van der Waals surface area contributed by atoms with Crippen LogP contribution in [0.3, 0.4) is 0 Å². The minimum atomic E-state index is 0.191. The Morgan fingerprint density at radius 3 is 2.69 bits per heavy atom. The Bertz CT molecular complexity index is 302. The van der Waals surface area contributed by atoms with Gasteiger partial charge in [0.25, 0.3) is 0 Å². The van der Waals surface area contributed by atoms with E-state index in [0.29, 0.717) is 13.4 Å². The van der Waals surface area contributed by atoms with Crippen molar-refractivity contribution in [2.45, 2.75) is 38.0 Å². The van der Waals surface area contributed by atoms with Crippen molar-refractivity contribution in [3.05, 3.63) is 35.9 Å². The fraction of sp³-hybridized carbons (Fsp3) is 0.538. The molecule has 1 saturated carbocycles. The summed E-state index contributed by atoms with van der Waals surface area (Å²) >= 11 is 0. The summed E-state index contributed by atoms with van der Waals surface area (Å²) in [6.07, 6.45) is 3.50. The van der Waals surface area contributed by atoms with Crippen LogP contribution in [0.25, 0.3) is 0 Å². The molecule has 1 aliphatic carbocycles. The summed E-state index contributed by atoms with van der Waals surface area (Å²) in [5.41, 5.74) is 7.06. The molecule has 88 valence electrons. The van der Waals surface area contributed by atoms with E-state index in [1.165, 1.54) is 12.0 Å². The Hall–Kier alpha value is -0.900. The summed E-state index contributed by atoms with van der Waals surface area (Å²) in [7, 11) is 0. The van der Waals surface area contributed by atoms with Gasteiger partial charge >= 0.3 is 0 Å². The number of rotatable bonds is 5. The van der Waals surface area contributed by atoms with Crippen molar-refractivity contribution in [2.24, 2.45) is 5.73 Å². The zero-order valence-corrected chi connectivity index (χ0v) is 9.47. The van der Waals surface area contributed by atoms with Gasteiger partial charge in [-0.1, -0.05) is 30.3 Å². The second-order valence-electron chi connectivity index (χ2n) is 4.25. The van der Waals surface area contributed by atoms with E-state index in [9.17, 15) is 0 Å². The third-order valence-electron chi connectivity index (χ3n) is 2.98. The van der Waals surface area contributed by atoms with Crippen LogP contribution in [-0.2, 0) is 16.1 Å². The molecule has 1 aromatic carbocycles. The maximum atomic E-state index is 5.89. The van der Waals surface area contributed by atoms with E-state index < -0.39 is 0 Å².